The standard InChI is InChI=1S/C27H21N9O2S/c1-16(31-25(37)23-24(28)32-20-9-6-12-29-36(20)23)22-21(18-7-4-3-5-8-18)26(38)35-19(15-39-27(35)33-22)11-10-17-13-30-34(2)14-17/h3-9,12-16H,28H2,1-2H3,(H,31,37). The minimum absolute atomic E-state index is 0.0558. The number of carbonyl (C=O) groups excluding carboxylic acids is 1. The van der Waals surface area contributed by atoms with Crippen LogP contribution < -0.4 is 16.6 Å². The predicted molar refractivity (Wildman–Crippen MR) is 147 cm³/mol. The third kappa shape index (κ3) is 4.30. The van der Waals surface area contributed by atoms with Crippen molar-refractivity contribution in [3.05, 3.63) is 99.4 Å². The molecule has 1 unspecified atom stereocenters. The second kappa shape index (κ2) is 9.55. The largest absolute Gasteiger partial charge is 0.382 e. The highest BCUT2D eigenvalue weighted by molar-refractivity contribution is 7.15. The van der Waals surface area contributed by atoms with E-state index >= 15 is 0 Å². The molecule has 6 aromatic rings. The van der Waals surface area contributed by atoms with Gasteiger partial charge in [-0.1, -0.05) is 36.3 Å². The summed E-state index contributed by atoms with van der Waals surface area (Å²) in [5, 5.41) is 13.0. The van der Waals surface area contributed by atoms with E-state index in [1.54, 1.807) is 47.7 Å². The van der Waals surface area contributed by atoms with Gasteiger partial charge in [0.05, 0.1) is 29.1 Å². The van der Waals surface area contributed by atoms with Crippen LogP contribution >= 0.6 is 11.3 Å². The second-order valence-electron chi connectivity index (χ2n) is 8.77. The Morgan fingerprint density at radius 2 is 1.92 bits per heavy atom. The lowest BCUT2D eigenvalue weighted by Crippen LogP contribution is -2.31. The second-order valence-corrected chi connectivity index (χ2v) is 9.61. The normalized spacial score (nSPS) is 11.8. The fourth-order valence-electron chi connectivity index (χ4n) is 4.32. The third-order valence-electron chi connectivity index (χ3n) is 6.09. The number of carbonyl (C=O) groups is 1. The summed E-state index contributed by atoms with van der Waals surface area (Å²) in [7, 11) is 1.81. The van der Waals surface area contributed by atoms with Gasteiger partial charge in [0.1, 0.15) is 5.69 Å². The molecule has 1 aromatic carbocycles. The molecular formula is C27H21N9O2S. The van der Waals surface area contributed by atoms with Gasteiger partial charge >= 0.3 is 0 Å². The van der Waals surface area contributed by atoms with E-state index in [0.717, 1.165) is 5.56 Å². The fourth-order valence-corrected chi connectivity index (χ4v) is 5.14. The number of hydrogen-bond acceptors (Lipinski definition) is 8. The quantitative estimate of drug-likeness (QED) is 0.331. The van der Waals surface area contributed by atoms with Gasteiger partial charge in [0, 0.05) is 24.8 Å². The van der Waals surface area contributed by atoms with Crippen LogP contribution in [0.25, 0.3) is 21.7 Å². The molecule has 3 N–H and O–H groups in total. The zero-order valence-electron chi connectivity index (χ0n) is 20.9. The molecule has 0 saturated heterocycles. The first-order valence-electron chi connectivity index (χ1n) is 11.9. The van der Waals surface area contributed by atoms with E-state index in [1.807, 2.05) is 37.4 Å². The molecule has 1 amide bonds. The highest BCUT2D eigenvalue weighted by atomic mass is 32.1. The summed E-state index contributed by atoms with van der Waals surface area (Å²) >= 11 is 1.30. The van der Waals surface area contributed by atoms with Gasteiger partial charge in [-0.3, -0.25) is 14.3 Å². The first-order valence-corrected chi connectivity index (χ1v) is 12.8. The summed E-state index contributed by atoms with van der Waals surface area (Å²) in [4.78, 5) is 36.8. The number of benzene rings is 1. The van der Waals surface area contributed by atoms with E-state index in [0.29, 0.717) is 33.1 Å². The topological polar surface area (TPSA) is 138 Å². The third-order valence-corrected chi connectivity index (χ3v) is 6.92. The predicted octanol–water partition coefficient (Wildman–Crippen LogP) is 2.67. The summed E-state index contributed by atoms with van der Waals surface area (Å²) in [6.07, 6.45) is 5.00. The Balaban J connectivity index is 1.45. The molecule has 5 heterocycles. The number of amides is 1. The van der Waals surface area contributed by atoms with Crippen molar-refractivity contribution in [3.63, 3.8) is 0 Å². The minimum Gasteiger partial charge on any atom is -0.382 e. The first kappa shape index (κ1) is 24.1. The van der Waals surface area contributed by atoms with Gasteiger partial charge in [-0.05, 0) is 30.5 Å². The van der Waals surface area contributed by atoms with Gasteiger partial charge in [0.25, 0.3) is 11.5 Å². The van der Waals surface area contributed by atoms with Crippen LogP contribution in [0.2, 0.25) is 0 Å². The van der Waals surface area contributed by atoms with E-state index in [4.69, 9.17) is 10.7 Å². The van der Waals surface area contributed by atoms with Gasteiger partial charge in [-0.25, -0.2) is 18.9 Å². The molecule has 1 atom stereocenters. The van der Waals surface area contributed by atoms with Crippen molar-refractivity contribution in [1.82, 2.24) is 39.1 Å². The maximum atomic E-state index is 14.0. The van der Waals surface area contributed by atoms with E-state index in [-0.39, 0.29) is 17.1 Å². The Morgan fingerprint density at radius 3 is 2.69 bits per heavy atom. The lowest BCUT2D eigenvalue weighted by atomic mass is 10.0. The number of hydrogen-bond donors (Lipinski definition) is 2. The molecule has 0 radical (unpaired) electrons. The number of nitrogens with one attached hydrogen (secondary N) is 1. The number of nitrogens with zero attached hydrogens (tertiary/aromatic N) is 7. The molecule has 5 aromatic heterocycles. The van der Waals surface area contributed by atoms with Crippen molar-refractivity contribution in [2.24, 2.45) is 7.05 Å². The van der Waals surface area contributed by atoms with Gasteiger partial charge in [0.2, 0.25) is 0 Å². The van der Waals surface area contributed by atoms with Gasteiger partial charge in [-0.15, -0.1) is 11.3 Å². The zero-order valence-corrected chi connectivity index (χ0v) is 21.7. The van der Waals surface area contributed by atoms with E-state index < -0.39 is 11.9 Å². The van der Waals surface area contributed by atoms with Gasteiger partial charge in [-0.2, -0.15) is 10.2 Å². The Kier molecular flexibility index (Phi) is 5.90. The molecular weight excluding hydrogens is 514 g/mol. The van der Waals surface area contributed by atoms with Gasteiger partial charge < -0.3 is 11.1 Å². The van der Waals surface area contributed by atoms with Crippen molar-refractivity contribution in [2.75, 3.05) is 5.73 Å². The Bertz CT molecular complexity index is 1990. The maximum absolute atomic E-state index is 14.0. The average molecular weight is 536 g/mol. The molecule has 0 aliphatic heterocycles. The Labute approximate surface area is 225 Å². The number of nitrogen functional groups attached to an aromatic ring is 1. The van der Waals surface area contributed by atoms with Crippen LogP contribution in [0.15, 0.2) is 71.2 Å². The summed E-state index contributed by atoms with van der Waals surface area (Å²) in [5.41, 5.74) is 9.04. The number of rotatable bonds is 4. The lowest BCUT2D eigenvalue weighted by molar-refractivity contribution is 0.0933. The van der Waals surface area contributed by atoms with Crippen molar-refractivity contribution in [1.29, 1.82) is 0 Å². The van der Waals surface area contributed by atoms with Crippen LogP contribution in [-0.4, -0.2) is 39.7 Å². The smallest absolute Gasteiger partial charge is 0.274 e. The van der Waals surface area contributed by atoms with Crippen molar-refractivity contribution < 1.29 is 4.79 Å². The van der Waals surface area contributed by atoms with E-state index in [2.05, 4.69) is 32.3 Å². The monoisotopic (exact) mass is 535 g/mol. The van der Waals surface area contributed by atoms with E-state index in [1.165, 1.54) is 20.3 Å². The molecule has 11 nitrogen and oxygen atoms in total. The van der Waals surface area contributed by atoms with Crippen molar-refractivity contribution >= 4 is 33.7 Å². The summed E-state index contributed by atoms with van der Waals surface area (Å²) in [5.74, 6) is 5.69. The van der Waals surface area contributed by atoms with Crippen molar-refractivity contribution in [3.8, 4) is 23.0 Å². The highest BCUT2D eigenvalue weighted by Crippen LogP contribution is 2.27. The molecule has 39 heavy (non-hydrogen) atoms. The van der Waals surface area contributed by atoms with Crippen LogP contribution in [0.4, 0.5) is 5.82 Å². The Morgan fingerprint density at radius 1 is 1.10 bits per heavy atom. The minimum atomic E-state index is -0.647. The average Bonchev–Trinajstić information content (AvgIpc) is 3.63. The summed E-state index contributed by atoms with van der Waals surface area (Å²) in [6.45, 7) is 1.77. The Hall–Kier alpha value is -5.28. The van der Waals surface area contributed by atoms with Crippen LogP contribution in [-0.2, 0) is 7.05 Å². The molecule has 192 valence electrons. The number of anilines is 1. The van der Waals surface area contributed by atoms with Crippen LogP contribution in [0.5, 0.6) is 0 Å². The molecule has 0 aliphatic rings. The summed E-state index contributed by atoms with van der Waals surface area (Å²) < 4.78 is 4.55. The fraction of sp³-hybridized carbons (Fsp3) is 0.111. The molecule has 6 rings (SSSR count). The highest BCUT2D eigenvalue weighted by Gasteiger charge is 2.25. The number of thiazole rings is 1. The first-order chi connectivity index (χ1) is 18.9. The molecule has 12 heteroatoms. The van der Waals surface area contributed by atoms with Crippen LogP contribution in [0.3, 0.4) is 0 Å². The number of fused-ring (bicyclic) bond motifs is 2. The number of aromatic nitrogens is 7. The SMILES string of the molecule is CC(NC(=O)c1c(N)nc2cccnn12)c1nc2scc(C#Cc3cnn(C)c3)n2c(=O)c1-c1ccccc1. The maximum Gasteiger partial charge on any atom is 0.274 e. The van der Waals surface area contributed by atoms with Gasteiger partial charge in [0.15, 0.2) is 22.1 Å². The molecule has 0 aliphatic carbocycles. The molecule has 0 bridgehead atoms. The molecule has 0 spiro atoms. The lowest BCUT2D eigenvalue weighted by Gasteiger charge is -2.17. The van der Waals surface area contributed by atoms with Crippen LogP contribution in [0, 0.1) is 11.8 Å². The molecule has 0 fully saturated rings. The van der Waals surface area contributed by atoms with E-state index in [9.17, 15) is 9.59 Å². The van der Waals surface area contributed by atoms with Crippen molar-refractivity contribution in [2.45, 2.75) is 13.0 Å². The summed E-state index contributed by atoms with van der Waals surface area (Å²) in [6, 6.07) is 12.0. The number of nitrogens with two attached hydrogens (primary N) is 1. The number of imidazole rings is 1. The van der Waals surface area contributed by atoms with Crippen LogP contribution in [0.1, 0.15) is 40.4 Å². The number of aryl methyl sites for hydroxylation is 1. The molecule has 0 saturated carbocycles. The zero-order chi connectivity index (χ0) is 27.1.